The van der Waals surface area contributed by atoms with Crippen LogP contribution in [0.4, 0.5) is 0 Å². The van der Waals surface area contributed by atoms with Crippen LogP contribution in [0.5, 0.6) is 0 Å². The van der Waals surface area contributed by atoms with Crippen molar-refractivity contribution in [3.05, 3.63) is 262 Å². The predicted molar refractivity (Wildman–Crippen MR) is 220 cm³/mol. The summed E-state index contributed by atoms with van der Waals surface area (Å²) >= 11 is 0. The second-order valence-electron chi connectivity index (χ2n) is 13.7. The minimum Gasteiger partial charge on any atom is -0.357 e. The first kappa shape index (κ1) is 31.6. The Hall–Kier alpha value is -7.17. The summed E-state index contributed by atoms with van der Waals surface area (Å²) in [5.41, 5.74) is 15.1. The van der Waals surface area contributed by atoms with Crippen LogP contribution < -0.4 is 10.7 Å². The van der Waals surface area contributed by atoms with Crippen molar-refractivity contribution in [1.82, 2.24) is 14.5 Å². The largest absolute Gasteiger partial charge is 0.357 e. The van der Waals surface area contributed by atoms with E-state index in [1.165, 1.54) is 5.56 Å². The molecule has 0 fully saturated rings. The van der Waals surface area contributed by atoms with Gasteiger partial charge in [0.05, 0.1) is 23.0 Å². The van der Waals surface area contributed by atoms with Crippen molar-refractivity contribution < 1.29 is 0 Å². The van der Waals surface area contributed by atoms with Gasteiger partial charge in [0.25, 0.3) is 0 Å². The monoisotopic (exact) mass is 692 g/mol. The highest BCUT2D eigenvalue weighted by molar-refractivity contribution is 6.30. The van der Waals surface area contributed by atoms with Crippen molar-refractivity contribution in [2.75, 3.05) is 0 Å². The first-order valence-electron chi connectivity index (χ1n) is 18.4. The molecule has 2 aliphatic heterocycles. The molecule has 54 heavy (non-hydrogen) atoms. The molecule has 2 aliphatic rings. The smallest absolute Gasteiger partial charge is 0.0737 e. The molecular formula is C50H36N4. The van der Waals surface area contributed by atoms with Crippen molar-refractivity contribution >= 4 is 22.4 Å². The third-order valence-corrected chi connectivity index (χ3v) is 10.5. The number of nitrogens with zero attached hydrogens (tertiary/aromatic N) is 2. The summed E-state index contributed by atoms with van der Waals surface area (Å²) in [4.78, 5) is 13.3. The molecule has 8 aromatic rings. The van der Waals surface area contributed by atoms with E-state index in [1.54, 1.807) is 0 Å². The Kier molecular flexibility index (Phi) is 7.85. The highest BCUT2D eigenvalue weighted by Gasteiger charge is 2.28. The van der Waals surface area contributed by atoms with Crippen LogP contribution in [0.1, 0.15) is 50.9 Å². The topological polar surface area (TPSA) is 48.9 Å². The number of aliphatic imine (C=N–C) groups is 1. The molecule has 2 N–H and O–H groups in total. The fourth-order valence-electron chi connectivity index (χ4n) is 8.09. The van der Waals surface area contributed by atoms with Gasteiger partial charge in [-0.05, 0) is 82.9 Å². The predicted octanol–water partition coefficient (Wildman–Crippen LogP) is 9.54. The van der Waals surface area contributed by atoms with Crippen molar-refractivity contribution in [3.63, 3.8) is 0 Å². The van der Waals surface area contributed by atoms with Crippen LogP contribution in [-0.2, 0) is 0 Å². The molecule has 0 saturated heterocycles. The van der Waals surface area contributed by atoms with Crippen LogP contribution >= 0.6 is 0 Å². The van der Waals surface area contributed by atoms with Gasteiger partial charge in [-0.25, -0.2) is 4.99 Å². The number of allylic oxidation sites excluding steroid dienone is 2. The first-order valence-corrected chi connectivity index (χ1v) is 18.4. The van der Waals surface area contributed by atoms with Gasteiger partial charge in [-0.3, -0.25) is 0 Å². The van der Waals surface area contributed by atoms with Crippen LogP contribution in [0.3, 0.4) is 0 Å². The second-order valence-corrected chi connectivity index (χ2v) is 13.7. The minimum atomic E-state index is -0.101. The zero-order valence-electron chi connectivity index (χ0n) is 29.5. The molecule has 0 amide bonds. The Labute approximate surface area is 314 Å². The summed E-state index contributed by atoms with van der Waals surface area (Å²) in [5.74, 6) is -0.101. The Morgan fingerprint density at radius 3 is 1.65 bits per heavy atom. The Morgan fingerprint density at radius 2 is 1.00 bits per heavy atom. The van der Waals surface area contributed by atoms with Crippen LogP contribution in [0.15, 0.2) is 211 Å². The molecular weight excluding hydrogens is 657 g/mol. The van der Waals surface area contributed by atoms with Gasteiger partial charge in [0.15, 0.2) is 0 Å². The van der Waals surface area contributed by atoms with E-state index in [4.69, 9.17) is 4.99 Å². The normalized spacial score (nSPS) is 18.4. The molecule has 0 saturated carbocycles. The van der Waals surface area contributed by atoms with Gasteiger partial charge in [-0.1, -0.05) is 140 Å². The minimum absolute atomic E-state index is 0.101. The lowest BCUT2D eigenvalue weighted by atomic mass is 9.92. The van der Waals surface area contributed by atoms with E-state index < -0.39 is 0 Å². The SMILES string of the molecule is C1=C/C2=C(\c3ccccc3)c3ccc(n3-c3ccccc3)C(c3ccccc3)c3ccc([nH]3)/C(c3ccccc3)=c3/cc/c([nH]3)=C(\c3ccccc3)C1=N2. The molecule has 1 atom stereocenters. The number of aromatic amines is 2. The Morgan fingerprint density at radius 1 is 0.444 bits per heavy atom. The van der Waals surface area contributed by atoms with Gasteiger partial charge < -0.3 is 14.5 Å². The highest BCUT2D eigenvalue weighted by Crippen LogP contribution is 2.40. The van der Waals surface area contributed by atoms with Gasteiger partial charge in [0.2, 0.25) is 0 Å². The number of fused-ring (bicyclic) bond motifs is 7. The molecule has 8 bridgehead atoms. The fraction of sp³-hybridized carbons (Fsp3) is 0.0200. The molecule has 256 valence electrons. The highest BCUT2D eigenvalue weighted by atomic mass is 15.0. The van der Waals surface area contributed by atoms with E-state index in [1.807, 2.05) is 0 Å². The average molecular weight is 693 g/mol. The number of rotatable bonds is 5. The third-order valence-electron chi connectivity index (χ3n) is 10.5. The van der Waals surface area contributed by atoms with E-state index >= 15 is 0 Å². The van der Waals surface area contributed by atoms with Crippen LogP contribution in [0.2, 0.25) is 0 Å². The molecule has 4 nitrogen and oxygen atoms in total. The number of hydrogen-bond donors (Lipinski definition) is 2. The number of aromatic nitrogens is 3. The Balaban J connectivity index is 1.37. The van der Waals surface area contributed by atoms with Crippen molar-refractivity contribution in [2.24, 2.45) is 4.99 Å². The van der Waals surface area contributed by atoms with E-state index in [0.29, 0.717) is 0 Å². The van der Waals surface area contributed by atoms with Gasteiger partial charge in [0, 0.05) is 50.2 Å². The van der Waals surface area contributed by atoms with Crippen LogP contribution in [0, 0.1) is 0 Å². The molecule has 1 unspecified atom stereocenters. The summed E-state index contributed by atoms with van der Waals surface area (Å²) in [7, 11) is 0. The molecule has 0 aliphatic carbocycles. The lowest BCUT2D eigenvalue weighted by molar-refractivity contribution is 0.835. The second kappa shape index (κ2) is 13.4. The molecule has 5 aromatic carbocycles. The average Bonchev–Trinajstić information content (AvgIpc) is 4.07. The molecule has 4 heteroatoms. The summed E-state index contributed by atoms with van der Waals surface area (Å²) in [5, 5.41) is 2.03. The van der Waals surface area contributed by atoms with E-state index in [9.17, 15) is 0 Å². The number of benzene rings is 5. The van der Waals surface area contributed by atoms with Crippen LogP contribution in [-0.4, -0.2) is 20.2 Å². The number of para-hydroxylation sites is 1. The molecule has 5 heterocycles. The lowest BCUT2D eigenvalue weighted by Crippen LogP contribution is -2.19. The van der Waals surface area contributed by atoms with Crippen LogP contribution in [0.25, 0.3) is 22.4 Å². The molecule has 0 spiro atoms. The van der Waals surface area contributed by atoms with E-state index in [2.05, 4.69) is 215 Å². The number of hydrogen-bond acceptors (Lipinski definition) is 1. The quantitative estimate of drug-likeness (QED) is 0.181. The lowest BCUT2D eigenvalue weighted by Gasteiger charge is -2.23. The van der Waals surface area contributed by atoms with Gasteiger partial charge in [-0.2, -0.15) is 0 Å². The van der Waals surface area contributed by atoms with Gasteiger partial charge in [-0.15, -0.1) is 0 Å². The number of H-pyrrole nitrogens is 2. The van der Waals surface area contributed by atoms with Gasteiger partial charge in [0.1, 0.15) is 0 Å². The van der Waals surface area contributed by atoms with Crippen molar-refractivity contribution in [2.45, 2.75) is 5.92 Å². The molecule has 10 rings (SSSR count). The fourth-order valence-corrected chi connectivity index (χ4v) is 8.09. The maximum atomic E-state index is 5.50. The molecule has 3 aromatic heterocycles. The standard InChI is InChI=1S/C50H36N4/c1-6-16-34(17-7-1)47-39-26-27-40(51-39)48(35-18-8-2-9-19-35)42-29-31-44(53-42)50(37-22-12-4-13-23-37)46-33-32-45(54(46)38-24-14-5-15-25-38)49(36-20-10-3-11-21-36)43-30-28-41(47)52-43/h1-33,49,51-52H/b47-39-,48-40-,50-44-. The van der Waals surface area contributed by atoms with Crippen molar-refractivity contribution in [3.8, 4) is 5.69 Å². The summed E-state index contributed by atoms with van der Waals surface area (Å²) in [6.07, 6.45) is 4.35. The third kappa shape index (κ3) is 5.53. The number of nitrogens with one attached hydrogen (secondary N) is 2. The van der Waals surface area contributed by atoms with Crippen molar-refractivity contribution in [1.29, 1.82) is 0 Å². The summed E-state index contributed by atoms with van der Waals surface area (Å²) < 4.78 is 2.43. The zero-order chi connectivity index (χ0) is 35.8. The van der Waals surface area contributed by atoms with Gasteiger partial charge >= 0.3 is 0 Å². The van der Waals surface area contributed by atoms with E-state index in [0.717, 1.165) is 84.0 Å². The first-order chi connectivity index (χ1) is 26.8. The maximum absolute atomic E-state index is 5.50. The summed E-state index contributed by atoms with van der Waals surface area (Å²) in [6.45, 7) is 0. The van der Waals surface area contributed by atoms with E-state index in [-0.39, 0.29) is 5.92 Å². The molecule has 0 radical (unpaired) electrons. The zero-order valence-corrected chi connectivity index (χ0v) is 29.5. The maximum Gasteiger partial charge on any atom is 0.0737 e. The Bertz CT molecular complexity index is 2830. The summed E-state index contributed by atoms with van der Waals surface area (Å²) in [6, 6.07) is 66.9.